The summed E-state index contributed by atoms with van der Waals surface area (Å²) in [5.74, 6) is 0.667. The third kappa shape index (κ3) is 5.30. The zero-order chi connectivity index (χ0) is 21.5. The Labute approximate surface area is 179 Å². The molecule has 0 amide bonds. The minimum atomic E-state index is -0.973. The van der Waals surface area contributed by atoms with Crippen molar-refractivity contribution >= 4 is 29.5 Å². The zero-order valence-corrected chi connectivity index (χ0v) is 17.2. The molecule has 0 aromatic heterocycles. The minimum Gasteiger partial charge on any atom is -0.497 e. The number of hydrogen-bond acceptors (Lipinski definition) is 5. The highest BCUT2D eigenvalue weighted by atomic mass is 35.5. The van der Waals surface area contributed by atoms with Gasteiger partial charge in [0.2, 0.25) is 0 Å². The summed E-state index contributed by atoms with van der Waals surface area (Å²) in [6.45, 7) is 0.218. The SMILES string of the molecule is COc1ccc(N=Cc2cc(Cl)c(OCc3ccc(C(=O)O)cc3)c(OC)c2)cc1. The first-order chi connectivity index (χ1) is 14.5. The van der Waals surface area contributed by atoms with Crippen LogP contribution in [0.5, 0.6) is 17.2 Å². The topological polar surface area (TPSA) is 77.4 Å². The largest absolute Gasteiger partial charge is 0.497 e. The number of halogens is 1. The molecule has 0 aliphatic rings. The van der Waals surface area contributed by atoms with E-state index in [0.717, 1.165) is 22.6 Å². The van der Waals surface area contributed by atoms with Crippen LogP contribution in [0, 0.1) is 0 Å². The predicted molar refractivity (Wildman–Crippen MR) is 116 cm³/mol. The molecule has 3 aromatic carbocycles. The highest BCUT2D eigenvalue weighted by Gasteiger charge is 2.12. The van der Waals surface area contributed by atoms with Gasteiger partial charge in [0.1, 0.15) is 12.4 Å². The Morgan fingerprint density at radius 3 is 2.33 bits per heavy atom. The van der Waals surface area contributed by atoms with Gasteiger partial charge in [0.25, 0.3) is 0 Å². The quantitative estimate of drug-likeness (QED) is 0.490. The van der Waals surface area contributed by atoms with Crippen molar-refractivity contribution in [3.63, 3.8) is 0 Å². The van der Waals surface area contributed by atoms with Crippen LogP contribution in [0.2, 0.25) is 5.02 Å². The number of benzene rings is 3. The number of methoxy groups -OCH3 is 2. The van der Waals surface area contributed by atoms with E-state index in [1.807, 2.05) is 24.3 Å². The molecule has 0 unspecified atom stereocenters. The van der Waals surface area contributed by atoms with Crippen LogP contribution >= 0.6 is 11.6 Å². The van der Waals surface area contributed by atoms with Crippen molar-refractivity contribution in [3.8, 4) is 17.2 Å². The van der Waals surface area contributed by atoms with Gasteiger partial charge in [0.15, 0.2) is 11.5 Å². The van der Waals surface area contributed by atoms with Crippen LogP contribution in [-0.4, -0.2) is 31.5 Å². The number of aliphatic imine (C=N–C) groups is 1. The van der Waals surface area contributed by atoms with E-state index >= 15 is 0 Å². The molecule has 0 aliphatic carbocycles. The van der Waals surface area contributed by atoms with E-state index in [9.17, 15) is 4.79 Å². The van der Waals surface area contributed by atoms with E-state index in [4.69, 9.17) is 30.9 Å². The van der Waals surface area contributed by atoms with Crippen LogP contribution < -0.4 is 14.2 Å². The van der Waals surface area contributed by atoms with Crippen molar-refractivity contribution in [3.05, 3.63) is 82.4 Å². The number of carboxylic acids is 1. The molecule has 0 saturated carbocycles. The number of carboxylic acid groups (broad SMARTS) is 1. The summed E-state index contributed by atoms with van der Waals surface area (Å²) in [4.78, 5) is 15.4. The maximum Gasteiger partial charge on any atom is 0.335 e. The molecule has 0 aliphatic heterocycles. The highest BCUT2D eigenvalue weighted by molar-refractivity contribution is 6.32. The Bertz CT molecular complexity index is 1050. The van der Waals surface area contributed by atoms with Crippen LogP contribution in [0.15, 0.2) is 65.7 Å². The molecule has 6 nitrogen and oxygen atoms in total. The number of carbonyl (C=O) groups is 1. The average molecular weight is 426 g/mol. The molecule has 0 saturated heterocycles. The van der Waals surface area contributed by atoms with E-state index in [2.05, 4.69) is 4.99 Å². The smallest absolute Gasteiger partial charge is 0.335 e. The summed E-state index contributed by atoms with van der Waals surface area (Å²) in [5.41, 5.74) is 2.56. The summed E-state index contributed by atoms with van der Waals surface area (Å²) < 4.78 is 16.4. The van der Waals surface area contributed by atoms with Crippen LogP contribution in [0.25, 0.3) is 0 Å². The average Bonchev–Trinajstić information content (AvgIpc) is 2.77. The van der Waals surface area contributed by atoms with E-state index in [-0.39, 0.29) is 12.2 Å². The molecule has 0 atom stereocenters. The number of rotatable bonds is 8. The van der Waals surface area contributed by atoms with Gasteiger partial charge in [0.05, 0.1) is 30.5 Å². The van der Waals surface area contributed by atoms with Crippen LogP contribution in [-0.2, 0) is 6.61 Å². The lowest BCUT2D eigenvalue weighted by molar-refractivity contribution is 0.0697. The lowest BCUT2D eigenvalue weighted by Crippen LogP contribution is -2.01. The molecule has 0 radical (unpaired) electrons. The second kappa shape index (κ2) is 9.80. The van der Waals surface area contributed by atoms with E-state index in [1.54, 1.807) is 37.6 Å². The van der Waals surface area contributed by atoms with Crippen LogP contribution in [0.3, 0.4) is 0 Å². The van der Waals surface area contributed by atoms with Gasteiger partial charge in [-0.05, 0) is 59.7 Å². The molecule has 0 heterocycles. The Kier molecular flexibility index (Phi) is 6.93. The fourth-order valence-corrected chi connectivity index (χ4v) is 2.94. The number of hydrogen-bond donors (Lipinski definition) is 1. The lowest BCUT2D eigenvalue weighted by Gasteiger charge is -2.13. The summed E-state index contributed by atoms with van der Waals surface area (Å²) >= 11 is 6.41. The fraction of sp³-hybridized carbons (Fsp3) is 0.130. The molecule has 154 valence electrons. The molecule has 3 aromatic rings. The van der Waals surface area contributed by atoms with Crippen molar-refractivity contribution in [1.29, 1.82) is 0 Å². The molecule has 0 spiro atoms. The molecule has 1 N–H and O–H groups in total. The van der Waals surface area contributed by atoms with E-state index in [1.165, 1.54) is 19.2 Å². The number of nitrogens with zero attached hydrogens (tertiary/aromatic N) is 1. The van der Waals surface area contributed by atoms with Gasteiger partial charge >= 0.3 is 5.97 Å². The Morgan fingerprint density at radius 1 is 1.03 bits per heavy atom. The van der Waals surface area contributed by atoms with Crippen molar-refractivity contribution in [1.82, 2.24) is 0 Å². The fourth-order valence-electron chi connectivity index (χ4n) is 2.67. The normalized spacial score (nSPS) is 10.8. The lowest BCUT2D eigenvalue weighted by atomic mass is 10.1. The predicted octanol–water partition coefficient (Wildman–Crippen LogP) is 5.39. The van der Waals surface area contributed by atoms with Crippen molar-refractivity contribution < 1.29 is 24.1 Å². The second-order valence-electron chi connectivity index (χ2n) is 6.28. The minimum absolute atomic E-state index is 0.217. The first-order valence-corrected chi connectivity index (χ1v) is 9.38. The molecule has 0 fully saturated rings. The van der Waals surface area contributed by atoms with Crippen LogP contribution in [0.1, 0.15) is 21.5 Å². The first-order valence-electron chi connectivity index (χ1n) is 9.01. The van der Waals surface area contributed by atoms with Gasteiger partial charge in [-0.1, -0.05) is 23.7 Å². The molecule has 30 heavy (non-hydrogen) atoms. The molecular formula is C23H20ClNO5. The second-order valence-corrected chi connectivity index (χ2v) is 6.69. The summed E-state index contributed by atoms with van der Waals surface area (Å²) in [7, 11) is 3.14. The van der Waals surface area contributed by atoms with Gasteiger partial charge < -0.3 is 19.3 Å². The number of aromatic carboxylic acids is 1. The number of ether oxygens (including phenoxy) is 3. The van der Waals surface area contributed by atoms with Crippen molar-refractivity contribution in [2.75, 3.05) is 14.2 Å². The van der Waals surface area contributed by atoms with Gasteiger partial charge in [-0.2, -0.15) is 0 Å². The third-order valence-electron chi connectivity index (χ3n) is 4.27. The Balaban J connectivity index is 1.74. The van der Waals surface area contributed by atoms with Gasteiger partial charge in [-0.3, -0.25) is 4.99 Å². The molecule has 0 bridgehead atoms. The van der Waals surface area contributed by atoms with E-state index < -0.39 is 5.97 Å². The Hall–Kier alpha value is -3.51. The summed E-state index contributed by atoms with van der Waals surface area (Å²) in [5, 5.41) is 9.35. The summed E-state index contributed by atoms with van der Waals surface area (Å²) in [6.07, 6.45) is 1.69. The monoisotopic (exact) mass is 425 g/mol. The van der Waals surface area contributed by atoms with Crippen LogP contribution in [0.4, 0.5) is 5.69 Å². The van der Waals surface area contributed by atoms with Crippen molar-refractivity contribution in [2.45, 2.75) is 6.61 Å². The third-order valence-corrected chi connectivity index (χ3v) is 4.55. The van der Waals surface area contributed by atoms with E-state index in [0.29, 0.717) is 16.5 Å². The molecule has 3 rings (SSSR count). The summed E-state index contributed by atoms with van der Waals surface area (Å²) in [6, 6.07) is 17.3. The zero-order valence-electron chi connectivity index (χ0n) is 16.5. The maximum atomic E-state index is 10.9. The first kappa shape index (κ1) is 21.2. The van der Waals surface area contributed by atoms with Gasteiger partial charge in [-0.25, -0.2) is 4.79 Å². The Morgan fingerprint density at radius 2 is 1.73 bits per heavy atom. The maximum absolute atomic E-state index is 10.9. The van der Waals surface area contributed by atoms with Gasteiger partial charge in [0, 0.05) is 6.21 Å². The molecule has 7 heteroatoms. The highest BCUT2D eigenvalue weighted by Crippen LogP contribution is 2.36. The standard InChI is InChI=1S/C23H20ClNO5/c1-28-19-9-7-18(8-10-19)25-13-16-11-20(24)22(21(12-16)29-2)30-14-15-3-5-17(6-4-15)23(26)27/h3-13H,14H2,1-2H3,(H,26,27). The van der Waals surface area contributed by atoms with Crippen molar-refractivity contribution in [2.24, 2.45) is 4.99 Å². The van der Waals surface area contributed by atoms with Gasteiger partial charge in [-0.15, -0.1) is 0 Å². The molecular weight excluding hydrogens is 406 g/mol.